The summed E-state index contributed by atoms with van der Waals surface area (Å²) >= 11 is 0. The molecule has 2 aromatic carbocycles. The molecule has 0 radical (unpaired) electrons. The first-order valence-electron chi connectivity index (χ1n) is 8.16. The molecule has 0 spiro atoms. The maximum Gasteiger partial charge on any atom is 0.291 e. The maximum absolute atomic E-state index is 13.0. The summed E-state index contributed by atoms with van der Waals surface area (Å²) in [7, 11) is 3.57. The van der Waals surface area contributed by atoms with Crippen molar-refractivity contribution < 1.29 is 4.74 Å². The third-order valence-electron chi connectivity index (χ3n) is 4.65. The lowest BCUT2D eigenvalue weighted by atomic mass is 10.1. The van der Waals surface area contributed by atoms with Gasteiger partial charge in [-0.15, -0.1) is 0 Å². The minimum atomic E-state index is -0.0790. The molecule has 0 N–H and O–H groups in total. The van der Waals surface area contributed by atoms with E-state index in [9.17, 15) is 4.79 Å². The number of methoxy groups -OCH3 is 1. The topological polar surface area (TPSA) is 49.0 Å². The Hall–Kier alpha value is -3.08. The van der Waals surface area contributed by atoms with Gasteiger partial charge in [0.2, 0.25) is 0 Å². The Labute approximate surface area is 145 Å². The fourth-order valence-electron chi connectivity index (χ4n) is 3.28. The average Bonchev–Trinajstić information content (AvgIpc) is 2.90. The summed E-state index contributed by atoms with van der Waals surface area (Å²) in [5.41, 5.74) is 3.83. The molecule has 5 heteroatoms. The normalized spacial score (nSPS) is 11.3. The van der Waals surface area contributed by atoms with Gasteiger partial charge in [0.15, 0.2) is 0 Å². The predicted molar refractivity (Wildman–Crippen MR) is 99.3 cm³/mol. The van der Waals surface area contributed by atoms with Crippen molar-refractivity contribution in [1.82, 2.24) is 14.3 Å². The molecule has 0 saturated heterocycles. The number of aromatic nitrogens is 3. The molecule has 25 heavy (non-hydrogen) atoms. The molecule has 0 unspecified atom stereocenters. The van der Waals surface area contributed by atoms with Crippen LogP contribution in [0.5, 0.6) is 5.75 Å². The van der Waals surface area contributed by atoms with E-state index >= 15 is 0 Å². The van der Waals surface area contributed by atoms with Crippen LogP contribution in [0.25, 0.3) is 21.8 Å². The van der Waals surface area contributed by atoms with E-state index in [0.29, 0.717) is 12.1 Å². The van der Waals surface area contributed by atoms with Crippen LogP contribution in [-0.4, -0.2) is 21.5 Å². The summed E-state index contributed by atoms with van der Waals surface area (Å²) in [4.78, 5) is 13.0. The van der Waals surface area contributed by atoms with E-state index in [-0.39, 0.29) is 5.56 Å². The van der Waals surface area contributed by atoms with E-state index in [2.05, 4.69) is 30.2 Å². The Bertz CT molecular complexity index is 1140. The highest BCUT2D eigenvalue weighted by Gasteiger charge is 2.14. The third kappa shape index (κ3) is 2.48. The molecule has 4 aromatic rings. The number of hydrogen-bond acceptors (Lipinski definition) is 3. The minimum Gasteiger partial charge on any atom is -0.497 e. The van der Waals surface area contributed by atoms with Crippen molar-refractivity contribution in [3.63, 3.8) is 0 Å². The van der Waals surface area contributed by atoms with Crippen molar-refractivity contribution in [2.45, 2.75) is 13.5 Å². The van der Waals surface area contributed by atoms with Crippen molar-refractivity contribution in [1.29, 1.82) is 0 Å². The van der Waals surface area contributed by atoms with Crippen LogP contribution in [0, 0.1) is 6.92 Å². The van der Waals surface area contributed by atoms with Crippen molar-refractivity contribution in [2.75, 3.05) is 7.11 Å². The molecular formula is C20H19N3O2. The largest absolute Gasteiger partial charge is 0.497 e. The van der Waals surface area contributed by atoms with Crippen LogP contribution in [0.3, 0.4) is 0 Å². The van der Waals surface area contributed by atoms with Crippen molar-refractivity contribution in [3.05, 3.63) is 70.1 Å². The van der Waals surface area contributed by atoms with Gasteiger partial charge in [0.05, 0.1) is 19.9 Å². The van der Waals surface area contributed by atoms with Crippen molar-refractivity contribution in [3.8, 4) is 5.75 Å². The monoisotopic (exact) mass is 333 g/mol. The lowest BCUT2D eigenvalue weighted by molar-refractivity contribution is 0.414. The Morgan fingerprint density at radius 3 is 2.56 bits per heavy atom. The van der Waals surface area contributed by atoms with Gasteiger partial charge in [-0.1, -0.05) is 24.3 Å². The van der Waals surface area contributed by atoms with Gasteiger partial charge in [-0.05, 0) is 36.2 Å². The highest BCUT2D eigenvalue weighted by molar-refractivity contribution is 6.07. The second-order valence-corrected chi connectivity index (χ2v) is 6.30. The number of rotatable bonds is 3. The van der Waals surface area contributed by atoms with E-state index in [1.807, 2.05) is 35.9 Å². The first-order chi connectivity index (χ1) is 12.1. The van der Waals surface area contributed by atoms with Gasteiger partial charge in [-0.3, -0.25) is 4.79 Å². The molecule has 0 aliphatic heterocycles. The minimum absolute atomic E-state index is 0.0790. The molecule has 0 saturated carbocycles. The quantitative estimate of drug-likeness (QED) is 0.578. The summed E-state index contributed by atoms with van der Waals surface area (Å²) in [6, 6.07) is 13.9. The van der Waals surface area contributed by atoms with Crippen LogP contribution in [-0.2, 0) is 13.6 Å². The number of aryl methyl sites for hydroxylation is 2. The standard InChI is InChI=1S/C20H19N3O2/c1-13-4-9-16-17-11-21-23(12-14-5-7-15(25-3)8-6-14)20(24)19(17)22(2)18(16)10-13/h4-11H,12H2,1-3H3. The van der Waals surface area contributed by atoms with Crippen LogP contribution in [0.4, 0.5) is 0 Å². The number of fused-ring (bicyclic) bond motifs is 3. The van der Waals surface area contributed by atoms with Crippen LogP contribution in [0.2, 0.25) is 0 Å². The second-order valence-electron chi connectivity index (χ2n) is 6.30. The summed E-state index contributed by atoms with van der Waals surface area (Å²) in [6.07, 6.45) is 1.79. The van der Waals surface area contributed by atoms with Gasteiger partial charge in [-0.2, -0.15) is 5.10 Å². The van der Waals surface area contributed by atoms with Crippen LogP contribution >= 0.6 is 0 Å². The van der Waals surface area contributed by atoms with E-state index in [1.165, 1.54) is 10.2 Å². The van der Waals surface area contributed by atoms with Gasteiger partial charge >= 0.3 is 0 Å². The molecule has 0 bridgehead atoms. The van der Waals surface area contributed by atoms with Gasteiger partial charge < -0.3 is 9.30 Å². The van der Waals surface area contributed by atoms with Crippen LogP contribution in [0.15, 0.2) is 53.5 Å². The van der Waals surface area contributed by atoms with E-state index < -0.39 is 0 Å². The molecule has 0 amide bonds. The maximum atomic E-state index is 13.0. The zero-order chi connectivity index (χ0) is 17.6. The van der Waals surface area contributed by atoms with Crippen molar-refractivity contribution >= 4 is 21.8 Å². The SMILES string of the molecule is COc1ccc(Cn2ncc3c4ccc(C)cc4n(C)c3c2=O)cc1. The molecular weight excluding hydrogens is 314 g/mol. The van der Waals surface area contributed by atoms with Crippen LogP contribution in [0.1, 0.15) is 11.1 Å². The first kappa shape index (κ1) is 15.4. The lowest BCUT2D eigenvalue weighted by Gasteiger charge is -2.06. The summed E-state index contributed by atoms with van der Waals surface area (Å²) in [5.74, 6) is 0.795. The summed E-state index contributed by atoms with van der Waals surface area (Å²) in [5, 5.41) is 6.35. The molecule has 0 aliphatic rings. The Balaban J connectivity index is 1.85. The van der Waals surface area contributed by atoms with Gasteiger partial charge in [-0.25, -0.2) is 4.68 Å². The highest BCUT2D eigenvalue weighted by atomic mass is 16.5. The molecule has 0 fully saturated rings. The van der Waals surface area contributed by atoms with E-state index in [1.54, 1.807) is 13.3 Å². The third-order valence-corrected chi connectivity index (χ3v) is 4.65. The number of hydrogen-bond donors (Lipinski definition) is 0. The smallest absolute Gasteiger partial charge is 0.291 e. The fourth-order valence-corrected chi connectivity index (χ4v) is 3.28. The average molecular weight is 333 g/mol. The van der Waals surface area contributed by atoms with Crippen molar-refractivity contribution in [2.24, 2.45) is 7.05 Å². The molecule has 126 valence electrons. The zero-order valence-electron chi connectivity index (χ0n) is 14.5. The van der Waals surface area contributed by atoms with Gasteiger partial charge in [0.1, 0.15) is 11.3 Å². The summed E-state index contributed by atoms with van der Waals surface area (Å²) in [6.45, 7) is 2.48. The number of nitrogens with zero attached hydrogens (tertiary/aromatic N) is 3. The molecule has 0 aliphatic carbocycles. The Morgan fingerprint density at radius 2 is 1.84 bits per heavy atom. The molecule has 0 atom stereocenters. The predicted octanol–water partition coefficient (Wildman–Crippen LogP) is 3.25. The van der Waals surface area contributed by atoms with Gasteiger partial charge in [0, 0.05) is 23.3 Å². The molecule has 4 rings (SSSR count). The lowest BCUT2D eigenvalue weighted by Crippen LogP contribution is -2.24. The second kappa shape index (κ2) is 5.77. The van der Waals surface area contributed by atoms with E-state index in [0.717, 1.165) is 27.6 Å². The zero-order valence-corrected chi connectivity index (χ0v) is 14.5. The molecule has 2 heterocycles. The summed E-state index contributed by atoms with van der Waals surface area (Å²) < 4.78 is 8.65. The molecule has 2 aromatic heterocycles. The fraction of sp³-hybridized carbons (Fsp3) is 0.200. The Morgan fingerprint density at radius 1 is 1.08 bits per heavy atom. The number of benzene rings is 2. The highest BCUT2D eigenvalue weighted by Crippen LogP contribution is 2.26. The van der Waals surface area contributed by atoms with Gasteiger partial charge in [0.25, 0.3) is 5.56 Å². The number of ether oxygens (including phenoxy) is 1. The molecule has 5 nitrogen and oxygen atoms in total. The van der Waals surface area contributed by atoms with E-state index in [4.69, 9.17) is 4.74 Å². The Kier molecular flexibility index (Phi) is 3.57. The first-order valence-corrected chi connectivity index (χ1v) is 8.16. The van der Waals surface area contributed by atoms with Crippen LogP contribution < -0.4 is 10.3 Å².